The highest BCUT2D eigenvalue weighted by Gasteiger charge is 2.29. The van der Waals surface area contributed by atoms with E-state index in [1.54, 1.807) is 0 Å². The molecule has 0 saturated heterocycles. The molecule has 1 aromatic rings. The van der Waals surface area contributed by atoms with E-state index in [4.69, 9.17) is 0 Å². The maximum Gasteiger partial charge on any atom is 0.139 e. The highest BCUT2D eigenvalue weighted by Crippen LogP contribution is 2.59. The molecule has 0 nitrogen and oxygen atoms in total. The molecule has 78 valence electrons. The summed E-state index contributed by atoms with van der Waals surface area (Å²) in [5, 5.41) is 0. The molecule has 0 aliphatic rings. The Balaban J connectivity index is 3.10. The van der Waals surface area contributed by atoms with Crippen molar-refractivity contribution in [1.82, 2.24) is 0 Å². The minimum atomic E-state index is -0.693. The van der Waals surface area contributed by atoms with Gasteiger partial charge in [0.15, 0.2) is 0 Å². The van der Waals surface area contributed by atoms with Gasteiger partial charge in [-0.3, -0.25) is 0 Å². The minimum absolute atomic E-state index is 0.377. The van der Waals surface area contributed by atoms with Gasteiger partial charge in [0, 0.05) is 0 Å². The van der Waals surface area contributed by atoms with E-state index in [-0.39, 0.29) is 0 Å². The fourth-order valence-electron chi connectivity index (χ4n) is 1.23. The van der Waals surface area contributed by atoms with Crippen molar-refractivity contribution in [2.24, 2.45) is 0 Å². The van der Waals surface area contributed by atoms with Crippen molar-refractivity contribution < 1.29 is 0 Å². The van der Waals surface area contributed by atoms with Crippen molar-refractivity contribution in [2.75, 3.05) is 12.5 Å². The zero-order valence-electron chi connectivity index (χ0n) is 10.2. The Bertz CT molecular complexity index is 306. The fraction of sp³-hybridized carbons (Fsp3) is 0.500. The molecule has 2 heteroatoms. The van der Waals surface area contributed by atoms with Crippen LogP contribution in [-0.4, -0.2) is 25.1 Å². The van der Waals surface area contributed by atoms with Gasteiger partial charge in [-0.15, -0.1) is 0 Å². The molecule has 1 aromatic carbocycles. The zero-order valence-corrected chi connectivity index (χ0v) is 11.0. The third kappa shape index (κ3) is 2.17. The van der Waals surface area contributed by atoms with E-state index in [1.807, 2.05) is 0 Å². The molecule has 0 N–H and O–H groups in total. The van der Waals surface area contributed by atoms with E-state index >= 15 is 0 Å². The van der Waals surface area contributed by atoms with Crippen LogP contribution in [0.3, 0.4) is 0 Å². The molecular weight excluding hydrogens is 187 g/mol. The summed E-state index contributed by atoms with van der Waals surface area (Å²) < 4.78 is 0.377. The molecule has 0 fully saturated rings. The van der Waals surface area contributed by atoms with Crippen LogP contribution >= 0.6 is 10.0 Å². The Labute approximate surface area is 90.8 Å². The maximum atomic E-state index is 2.40. The lowest BCUT2D eigenvalue weighted by Gasteiger charge is -2.45. The molecule has 0 aliphatic heterocycles. The maximum absolute atomic E-state index is 2.40. The molecule has 0 unspecified atom stereocenters. The van der Waals surface area contributed by atoms with Gasteiger partial charge in [-0.1, -0.05) is 50.5 Å². The quantitative estimate of drug-likeness (QED) is 0.620. The van der Waals surface area contributed by atoms with Crippen LogP contribution in [0.25, 0.3) is 0 Å². The second kappa shape index (κ2) is 3.65. The molecular formula is C12H21BS. The van der Waals surface area contributed by atoms with Gasteiger partial charge >= 0.3 is 0 Å². The largest absolute Gasteiger partial charge is 0.215 e. The molecule has 0 radical (unpaired) electrons. The third-order valence-corrected chi connectivity index (χ3v) is 7.65. The lowest BCUT2D eigenvalue weighted by atomic mass is 9.97. The Kier molecular flexibility index (Phi) is 3.06. The van der Waals surface area contributed by atoms with Gasteiger partial charge in [0.05, 0.1) is 0 Å². The van der Waals surface area contributed by atoms with Gasteiger partial charge in [-0.2, -0.15) is 0 Å². The minimum Gasteiger partial charge on any atom is -0.215 e. The molecule has 0 aromatic heterocycles. The highest BCUT2D eigenvalue weighted by molar-refractivity contribution is 8.33. The number of benzene rings is 1. The van der Waals surface area contributed by atoms with Crippen LogP contribution in [-0.2, 0) is 0 Å². The summed E-state index contributed by atoms with van der Waals surface area (Å²) in [5.41, 5.74) is 1.35. The second-order valence-corrected chi connectivity index (χ2v) is 9.60. The third-order valence-electron chi connectivity index (χ3n) is 3.14. The summed E-state index contributed by atoms with van der Waals surface area (Å²) in [6.45, 7) is 7.01. The SMILES string of the molecule is Bc1ccc(S(C)(C)C(C)(C)C)cc1. The van der Waals surface area contributed by atoms with Crippen molar-refractivity contribution in [3.8, 4) is 0 Å². The van der Waals surface area contributed by atoms with Gasteiger partial charge in [0.25, 0.3) is 0 Å². The number of rotatable bonds is 1. The van der Waals surface area contributed by atoms with E-state index in [2.05, 4.69) is 65.4 Å². The molecule has 0 aliphatic carbocycles. The van der Waals surface area contributed by atoms with Crippen LogP contribution in [0, 0.1) is 0 Å². The van der Waals surface area contributed by atoms with Crippen LogP contribution < -0.4 is 5.46 Å². The van der Waals surface area contributed by atoms with Crippen LogP contribution in [0.15, 0.2) is 29.2 Å². The normalized spacial score (nSPS) is 14.1. The van der Waals surface area contributed by atoms with Crippen molar-refractivity contribution in [2.45, 2.75) is 30.4 Å². The Morgan fingerprint density at radius 3 is 1.79 bits per heavy atom. The van der Waals surface area contributed by atoms with Gasteiger partial charge in [-0.05, 0) is 22.2 Å². The van der Waals surface area contributed by atoms with Gasteiger partial charge < -0.3 is 0 Å². The van der Waals surface area contributed by atoms with Crippen molar-refractivity contribution in [1.29, 1.82) is 0 Å². The summed E-state index contributed by atoms with van der Waals surface area (Å²) in [6.07, 6.45) is 4.80. The number of hydrogen-bond acceptors (Lipinski definition) is 0. The second-order valence-electron chi connectivity index (χ2n) is 5.25. The molecule has 14 heavy (non-hydrogen) atoms. The lowest BCUT2D eigenvalue weighted by Crippen LogP contribution is -2.23. The van der Waals surface area contributed by atoms with Crippen molar-refractivity contribution in [3.63, 3.8) is 0 Å². The highest BCUT2D eigenvalue weighted by atomic mass is 32.3. The monoisotopic (exact) mass is 208 g/mol. The van der Waals surface area contributed by atoms with Crippen molar-refractivity contribution >= 4 is 23.3 Å². The topological polar surface area (TPSA) is 0 Å². The molecule has 0 saturated carbocycles. The van der Waals surface area contributed by atoms with Crippen molar-refractivity contribution in [3.05, 3.63) is 24.3 Å². The first-order valence-corrected chi connectivity index (χ1v) is 7.50. The summed E-state index contributed by atoms with van der Waals surface area (Å²) in [6, 6.07) is 9.01. The Morgan fingerprint density at radius 2 is 1.43 bits per heavy atom. The van der Waals surface area contributed by atoms with E-state index < -0.39 is 10.0 Å². The number of hydrogen-bond donors (Lipinski definition) is 0. The van der Waals surface area contributed by atoms with E-state index in [9.17, 15) is 0 Å². The smallest absolute Gasteiger partial charge is 0.139 e. The average molecular weight is 208 g/mol. The van der Waals surface area contributed by atoms with Gasteiger partial charge in [0.1, 0.15) is 7.85 Å². The summed E-state index contributed by atoms with van der Waals surface area (Å²) >= 11 is 0. The van der Waals surface area contributed by atoms with Crippen LogP contribution in [0.5, 0.6) is 0 Å². The first kappa shape index (κ1) is 11.7. The van der Waals surface area contributed by atoms with Crippen LogP contribution in [0.2, 0.25) is 0 Å². The summed E-state index contributed by atoms with van der Waals surface area (Å²) in [5.74, 6) is 0. The first-order valence-electron chi connectivity index (χ1n) is 5.05. The fourth-order valence-corrected chi connectivity index (χ4v) is 2.76. The molecule has 0 amide bonds. The first-order chi connectivity index (χ1) is 6.25. The average Bonchev–Trinajstić information content (AvgIpc) is 2.03. The Hall–Kier alpha value is -0.365. The molecule has 0 spiro atoms. The predicted octanol–water partition coefficient (Wildman–Crippen LogP) is 2.17. The van der Waals surface area contributed by atoms with E-state index in [1.165, 1.54) is 10.4 Å². The van der Waals surface area contributed by atoms with Crippen LogP contribution in [0.1, 0.15) is 20.8 Å². The summed E-state index contributed by atoms with van der Waals surface area (Å²) in [7, 11) is 1.45. The molecule has 0 bridgehead atoms. The van der Waals surface area contributed by atoms with E-state index in [0.717, 1.165) is 0 Å². The molecule has 0 atom stereocenters. The molecule has 1 rings (SSSR count). The van der Waals surface area contributed by atoms with Gasteiger partial charge in [0.2, 0.25) is 0 Å². The van der Waals surface area contributed by atoms with E-state index in [0.29, 0.717) is 4.75 Å². The predicted molar refractivity (Wildman–Crippen MR) is 72.1 cm³/mol. The standard InChI is InChI=1S/C12H21BS/c1-12(2,3)14(4,5)11-8-6-10(13)7-9-11/h6-9H,13H2,1-5H3. The summed E-state index contributed by atoms with van der Waals surface area (Å²) in [4.78, 5) is 1.51. The lowest BCUT2D eigenvalue weighted by molar-refractivity contribution is 0.786. The zero-order chi connectivity index (χ0) is 11.0. The van der Waals surface area contributed by atoms with Crippen LogP contribution in [0.4, 0.5) is 0 Å². The Morgan fingerprint density at radius 1 is 1.00 bits per heavy atom. The van der Waals surface area contributed by atoms with Gasteiger partial charge in [-0.25, -0.2) is 10.0 Å². The molecule has 0 heterocycles.